The maximum atomic E-state index is 11.0. The van der Waals surface area contributed by atoms with E-state index in [2.05, 4.69) is 12.2 Å². The van der Waals surface area contributed by atoms with Crippen molar-refractivity contribution in [3.8, 4) is 0 Å². The summed E-state index contributed by atoms with van der Waals surface area (Å²) in [5.74, 6) is 0.190. The Morgan fingerprint density at radius 1 is 1.11 bits per heavy atom. The third-order valence-electron chi connectivity index (χ3n) is 3.33. The summed E-state index contributed by atoms with van der Waals surface area (Å²) >= 11 is 1.70. The summed E-state index contributed by atoms with van der Waals surface area (Å²) < 4.78 is 0. The highest BCUT2D eigenvalue weighted by atomic mass is 32.2. The fourth-order valence-electron chi connectivity index (χ4n) is 2.08. The van der Waals surface area contributed by atoms with Gasteiger partial charge in [0.25, 0.3) is 0 Å². The van der Waals surface area contributed by atoms with Crippen molar-refractivity contribution in [1.29, 1.82) is 0 Å². The SMILES string of the molecule is CCCCCCCCCCN[C@@H](CCSC)C(=O)O. The van der Waals surface area contributed by atoms with Crippen LogP contribution in [0.25, 0.3) is 0 Å². The van der Waals surface area contributed by atoms with Gasteiger partial charge in [0, 0.05) is 0 Å². The molecule has 0 spiro atoms. The monoisotopic (exact) mass is 289 g/mol. The van der Waals surface area contributed by atoms with E-state index in [1.165, 1.54) is 44.9 Å². The minimum atomic E-state index is -0.714. The molecular weight excluding hydrogens is 258 g/mol. The van der Waals surface area contributed by atoms with Gasteiger partial charge in [-0.15, -0.1) is 0 Å². The van der Waals surface area contributed by atoms with Crippen LogP contribution in [-0.4, -0.2) is 35.7 Å². The first-order chi connectivity index (χ1) is 9.22. The van der Waals surface area contributed by atoms with Gasteiger partial charge in [0.1, 0.15) is 6.04 Å². The minimum absolute atomic E-state index is 0.364. The van der Waals surface area contributed by atoms with Crippen molar-refractivity contribution in [2.75, 3.05) is 18.6 Å². The van der Waals surface area contributed by atoms with Gasteiger partial charge in [-0.2, -0.15) is 11.8 Å². The molecule has 0 bridgehead atoms. The average Bonchev–Trinajstić information content (AvgIpc) is 2.39. The fourth-order valence-corrected chi connectivity index (χ4v) is 2.56. The molecule has 0 radical (unpaired) electrons. The van der Waals surface area contributed by atoms with Crippen molar-refractivity contribution in [3.63, 3.8) is 0 Å². The van der Waals surface area contributed by atoms with Crippen LogP contribution in [0.3, 0.4) is 0 Å². The van der Waals surface area contributed by atoms with Gasteiger partial charge in [0.15, 0.2) is 0 Å². The number of aliphatic carboxylic acids is 1. The van der Waals surface area contributed by atoms with Gasteiger partial charge in [-0.3, -0.25) is 4.79 Å². The molecule has 0 rings (SSSR count). The van der Waals surface area contributed by atoms with E-state index >= 15 is 0 Å². The smallest absolute Gasteiger partial charge is 0.320 e. The molecule has 0 aromatic carbocycles. The first kappa shape index (κ1) is 18.8. The molecule has 0 amide bonds. The first-order valence-electron chi connectivity index (χ1n) is 7.67. The summed E-state index contributed by atoms with van der Waals surface area (Å²) in [6.45, 7) is 3.07. The summed E-state index contributed by atoms with van der Waals surface area (Å²) in [4.78, 5) is 11.0. The topological polar surface area (TPSA) is 49.3 Å². The van der Waals surface area contributed by atoms with Gasteiger partial charge in [-0.25, -0.2) is 0 Å². The number of hydrogen-bond acceptors (Lipinski definition) is 3. The Balaban J connectivity index is 3.37. The second-order valence-corrected chi connectivity index (χ2v) is 6.09. The van der Waals surface area contributed by atoms with Crippen LogP contribution in [0, 0.1) is 0 Å². The van der Waals surface area contributed by atoms with E-state index < -0.39 is 5.97 Å². The molecule has 0 aliphatic carbocycles. The quantitative estimate of drug-likeness (QED) is 0.476. The molecule has 1 atom stereocenters. The molecule has 0 saturated carbocycles. The Bertz CT molecular complexity index is 212. The maximum Gasteiger partial charge on any atom is 0.320 e. The normalized spacial score (nSPS) is 12.5. The number of unbranched alkanes of at least 4 members (excludes halogenated alkanes) is 7. The Morgan fingerprint density at radius 2 is 1.68 bits per heavy atom. The van der Waals surface area contributed by atoms with Crippen molar-refractivity contribution in [2.24, 2.45) is 0 Å². The third-order valence-corrected chi connectivity index (χ3v) is 3.97. The van der Waals surface area contributed by atoms with Crippen LogP contribution in [0.1, 0.15) is 64.7 Å². The lowest BCUT2D eigenvalue weighted by Crippen LogP contribution is -2.37. The number of carboxylic acids is 1. The number of carboxylic acid groups (broad SMARTS) is 1. The number of hydrogen-bond donors (Lipinski definition) is 2. The molecule has 0 fully saturated rings. The lowest BCUT2D eigenvalue weighted by atomic mass is 10.1. The van der Waals surface area contributed by atoms with Crippen molar-refractivity contribution in [2.45, 2.75) is 70.8 Å². The van der Waals surface area contributed by atoms with E-state index in [0.717, 1.165) is 18.7 Å². The lowest BCUT2D eigenvalue weighted by Gasteiger charge is -2.13. The second-order valence-electron chi connectivity index (χ2n) is 5.10. The summed E-state index contributed by atoms with van der Waals surface area (Å²) in [5.41, 5.74) is 0. The molecule has 114 valence electrons. The van der Waals surface area contributed by atoms with E-state index in [0.29, 0.717) is 6.42 Å². The van der Waals surface area contributed by atoms with Gasteiger partial charge in [-0.05, 0) is 31.4 Å². The first-order valence-corrected chi connectivity index (χ1v) is 9.06. The van der Waals surface area contributed by atoms with Crippen molar-refractivity contribution in [1.82, 2.24) is 5.32 Å². The van der Waals surface area contributed by atoms with Crippen LogP contribution in [0.5, 0.6) is 0 Å². The number of rotatable bonds is 14. The van der Waals surface area contributed by atoms with E-state index in [4.69, 9.17) is 5.11 Å². The van der Waals surface area contributed by atoms with Crippen LogP contribution in [0.2, 0.25) is 0 Å². The molecule has 0 aliphatic rings. The highest BCUT2D eigenvalue weighted by molar-refractivity contribution is 7.98. The standard InChI is InChI=1S/C15H31NO2S/c1-3-4-5-6-7-8-9-10-12-16-14(15(17)18)11-13-19-2/h14,16H,3-13H2,1-2H3,(H,17,18)/t14-/m0/s1. The molecule has 4 heteroatoms. The zero-order valence-corrected chi connectivity index (χ0v) is 13.4. The Morgan fingerprint density at radius 3 is 2.21 bits per heavy atom. The second kappa shape index (κ2) is 14.2. The predicted molar refractivity (Wildman–Crippen MR) is 85.0 cm³/mol. The predicted octanol–water partition coefficient (Wildman–Crippen LogP) is 3.92. The van der Waals surface area contributed by atoms with Gasteiger partial charge >= 0.3 is 5.97 Å². The van der Waals surface area contributed by atoms with Gasteiger partial charge in [0.2, 0.25) is 0 Å². The Labute approximate surface area is 122 Å². The molecule has 19 heavy (non-hydrogen) atoms. The lowest BCUT2D eigenvalue weighted by molar-refractivity contribution is -0.139. The van der Waals surface area contributed by atoms with Crippen LogP contribution in [-0.2, 0) is 4.79 Å². The maximum absolute atomic E-state index is 11.0. The largest absolute Gasteiger partial charge is 0.480 e. The van der Waals surface area contributed by atoms with Crippen LogP contribution in [0.4, 0.5) is 0 Å². The van der Waals surface area contributed by atoms with Crippen molar-refractivity contribution in [3.05, 3.63) is 0 Å². The van der Waals surface area contributed by atoms with Crippen LogP contribution < -0.4 is 5.32 Å². The molecule has 0 aliphatic heterocycles. The van der Waals surface area contributed by atoms with E-state index in [1.807, 2.05) is 6.26 Å². The molecule has 0 saturated heterocycles. The zero-order chi connectivity index (χ0) is 14.3. The third kappa shape index (κ3) is 12.6. The van der Waals surface area contributed by atoms with Gasteiger partial charge in [0.05, 0.1) is 0 Å². The summed E-state index contributed by atoms with van der Waals surface area (Å²) in [7, 11) is 0. The number of carbonyl (C=O) groups is 1. The highest BCUT2D eigenvalue weighted by Crippen LogP contribution is 2.08. The van der Waals surface area contributed by atoms with Gasteiger partial charge in [-0.1, -0.05) is 51.9 Å². The zero-order valence-electron chi connectivity index (χ0n) is 12.6. The molecule has 0 aromatic heterocycles. The average molecular weight is 289 g/mol. The van der Waals surface area contributed by atoms with Crippen LogP contribution >= 0.6 is 11.8 Å². The van der Waals surface area contributed by atoms with Crippen LogP contribution in [0.15, 0.2) is 0 Å². The summed E-state index contributed by atoms with van der Waals surface area (Å²) in [5, 5.41) is 12.2. The molecule has 2 N–H and O–H groups in total. The Hall–Kier alpha value is -0.220. The highest BCUT2D eigenvalue weighted by Gasteiger charge is 2.15. The van der Waals surface area contributed by atoms with E-state index in [1.54, 1.807) is 11.8 Å². The van der Waals surface area contributed by atoms with Gasteiger partial charge < -0.3 is 10.4 Å². The fraction of sp³-hybridized carbons (Fsp3) is 0.933. The summed E-state index contributed by atoms with van der Waals surface area (Å²) in [6.07, 6.45) is 13.0. The van der Waals surface area contributed by atoms with Crippen molar-refractivity contribution < 1.29 is 9.90 Å². The molecular formula is C15H31NO2S. The molecule has 0 unspecified atom stereocenters. The molecule has 3 nitrogen and oxygen atoms in total. The minimum Gasteiger partial charge on any atom is -0.480 e. The number of nitrogens with one attached hydrogen (secondary N) is 1. The Kier molecular flexibility index (Phi) is 14.0. The van der Waals surface area contributed by atoms with E-state index in [9.17, 15) is 4.79 Å². The molecule has 0 heterocycles. The summed E-state index contributed by atoms with van der Waals surface area (Å²) in [6, 6.07) is -0.364. The molecule has 0 aromatic rings. The van der Waals surface area contributed by atoms with Crippen molar-refractivity contribution >= 4 is 17.7 Å². The van der Waals surface area contributed by atoms with E-state index in [-0.39, 0.29) is 6.04 Å². The number of thioether (sulfide) groups is 1.